The molecule has 0 saturated heterocycles. The van der Waals surface area contributed by atoms with Crippen molar-refractivity contribution in [3.63, 3.8) is 0 Å². The standard InChI is InChI=1S/C18H23F2N3O2S.HI/c1-3-21-18(23-12-14-6-5-9-26-14)22-11-13-7-8-15(25-17(19)20)16(10-13)24-4-2;/h5-10,17H,3-4,11-12H2,1-2H3,(H2,21,22,23);1H. The van der Waals surface area contributed by atoms with E-state index in [0.29, 0.717) is 25.7 Å². The van der Waals surface area contributed by atoms with Gasteiger partial charge in [0.1, 0.15) is 0 Å². The molecule has 2 rings (SSSR count). The Balaban J connectivity index is 0.00000364. The molecule has 0 bridgehead atoms. The quantitative estimate of drug-likeness (QED) is 0.293. The molecule has 5 nitrogen and oxygen atoms in total. The highest BCUT2D eigenvalue weighted by atomic mass is 127. The maximum absolute atomic E-state index is 12.5. The third-order valence-electron chi connectivity index (χ3n) is 3.30. The predicted octanol–water partition coefficient (Wildman–Crippen LogP) is 4.62. The summed E-state index contributed by atoms with van der Waals surface area (Å²) in [7, 11) is 0. The molecule has 0 aliphatic rings. The van der Waals surface area contributed by atoms with Crippen molar-refractivity contribution in [1.29, 1.82) is 0 Å². The fourth-order valence-electron chi connectivity index (χ4n) is 2.21. The number of hydrogen-bond donors (Lipinski definition) is 2. The van der Waals surface area contributed by atoms with Gasteiger partial charge in [0, 0.05) is 11.4 Å². The Labute approximate surface area is 179 Å². The number of nitrogens with one attached hydrogen (secondary N) is 2. The van der Waals surface area contributed by atoms with E-state index < -0.39 is 6.61 Å². The van der Waals surface area contributed by atoms with Crippen LogP contribution in [0.5, 0.6) is 11.5 Å². The second-order valence-electron chi connectivity index (χ2n) is 5.22. The Hall–Kier alpha value is -1.62. The first-order valence-corrected chi connectivity index (χ1v) is 9.25. The summed E-state index contributed by atoms with van der Waals surface area (Å²) in [6.45, 7) is 3.06. The average Bonchev–Trinajstić information content (AvgIpc) is 3.13. The molecule has 9 heteroatoms. The number of nitrogens with zero attached hydrogens (tertiary/aromatic N) is 1. The molecule has 2 aromatic rings. The lowest BCUT2D eigenvalue weighted by Crippen LogP contribution is -2.36. The van der Waals surface area contributed by atoms with Gasteiger partial charge in [-0.2, -0.15) is 8.78 Å². The minimum absolute atomic E-state index is 0. The average molecular weight is 511 g/mol. The van der Waals surface area contributed by atoms with Crippen molar-refractivity contribution in [3.05, 3.63) is 46.2 Å². The molecule has 27 heavy (non-hydrogen) atoms. The summed E-state index contributed by atoms with van der Waals surface area (Å²) < 4.78 is 34.8. The van der Waals surface area contributed by atoms with Crippen molar-refractivity contribution in [3.8, 4) is 11.5 Å². The van der Waals surface area contributed by atoms with E-state index in [1.165, 1.54) is 10.9 Å². The van der Waals surface area contributed by atoms with Gasteiger partial charge in [0.15, 0.2) is 17.5 Å². The first-order chi connectivity index (χ1) is 12.6. The SMILES string of the molecule is CCNC(=NCc1ccc(OC(F)F)c(OCC)c1)NCc1cccs1.I. The maximum atomic E-state index is 12.5. The first kappa shape index (κ1) is 23.4. The zero-order valence-electron chi connectivity index (χ0n) is 15.2. The van der Waals surface area contributed by atoms with Crippen LogP contribution >= 0.6 is 35.3 Å². The molecule has 150 valence electrons. The molecule has 0 aliphatic heterocycles. The van der Waals surface area contributed by atoms with E-state index in [4.69, 9.17) is 4.74 Å². The van der Waals surface area contributed by atoms with Crippen molar-refractivity contribution >= 4 is 41.3 Å². The second kappa shape index (κ2) is 12.7. The molecule has 0 atom stereocenters. The van der Waals surface area contributed by atoms with Gasteiger partial charge in [-0.1, -0.05) is 12.1 Å². The van der Waals surface area contributed by atoms with Crippen molar-refractivity contribution < 1.29 is 18.3 Å². The van der Waals surface area contributed by atoms with E-state index in [9.17, 15) is 8.78 Å². The third kappa shape index (κ3) is 8.29. The molecule has 0 amide bonds. The lowest BCUT2D eigenvalue weighted by molar-refractivity contribution is -0.0514. The fourth-order valence-corrected chi connectivity index (χ4v) is 2.85. The number of thiophene rings is 1. The smallest absolute Gasteiger partial charge is 0.387 e. The fraction of sp³-hybridized carbons (Fsp3) is 0.389. The summed E-state index contributed by atoms with van der Waals surface area (Å²) in [5.41, 5.74) is 0.836. The lowest BCUT2D eigenvalue weighted by Gasteiger charge is -2.13. The minimum atomic E-state index is -2.89. The van der Waals surface area contributed by atoms with E-state index >= 15 is 0 Å². The van der Waals surface area contributed by atoms with E-state index in [1.54, 1.807) is 30.4 Å². The van der Waals surface area contributed by atoms with Gasteiger partial charge in [-0.3, -0.25) is 0 Å². The number of benzene rings is 1. The summed E-state index contributed by atoms with van der Waals surface area (Å²) in [5, 5.41) is 8.47. The zero-order valence-corrected chi connectivity index (χ0v) is 18.4. The van der Waals surface area contributed by atoms with Gasteiger partial charge in [-0.15, -0.1) is 35.3 Å². The van der Waals surface area contributed by atoms with Crippen LogP contribution in [0.1, 0.15) is 24.3 Å². The molecule has 0 radical (unpaired) electrons. The lowest BCUT2D eigenvalue weighted by atomic mass is 10.2. The topological polar surface area (TPSA) is 54.9 Å². The van der Waals surface area contributed by atoms with Crippen molar-refractivity contribution in [2.75, 3.05) is 13.2 Å². The van der Waals surface area contributed by atoms with Gasteiger partial charge in [-0.25, -0.2) is 4.99 Å². The molecule has 0 spiro atoms. The summed E-state index contributed by atoms with van der Waals surface area (Å²) in [6, 6.07) is 8.91. The molecule has 0 aliphatic carbocycles. The highest BCUT2D eigenvalue weighted by molar-refractivity contribution is 14.0. The summed E-state index contributed by atoms with van der Waals surface area (Å²) >= 11 is 1.67. The summed E-state index contributed by atoms with van der Waals surface area (Å²) in [4.78, 5) is 5.74. The van der Waals surface area contributed by atoms with Gasteiger partial charge in [0.05, 0.1) is 19.7 Å². The number of hydrogen-bond acceptors (Lipinski definition) is 4. The number of aliphatic imine (C=N–C) groups is 1. The molecular formula is C18H24F2IN3O2S. The normalized spacial score (nSPS) is 11.1. The summed E-state index contributed by atoms with van der Waals surface area (Å²) in [6.07, 6.45) is 0. The maximum Gasteiger partial charge on any atom is 0.387 e. The Morgan fingerprint density at radius 2 is 2.00 bits per heavy atom. The van der Waals surface area contributed by atoms with Gasteiger partial charge in [-0.05, 0) is 43.0 Å². The van der Waals surface area contributed by atoms with Crippen molar-refractivity contribution in [2.24, 2.45) is 4.99 Å². The van der Waals surface area contributed by atoms with Crippen molar-refractivity contribution in [2.45, 2.75) is 33.5 Å². The molecule has 1 aromatic heterocycles. The van der Waals surface area contributed by atoms with Crippen LogP contribution in [0.25, 0.3) is 0 Å². The number of ether oxygens (including phenoxy) is 2. The number of guanidine groups is 1. The van der Waals surface area contributed by atoms with Gasteiger partial charge >= 0.3 is 6.61 Å². The van der Waals surface area contributed by atoms with Gasteiger partial charge in [0.25, 0.3) is 0 Å². The van der Waals surface area contributed by atoms with E-state index in [1.807, 2.05) is 18.4 Å². The van der Waals surface area contributed by atoms with Crippen LogP contribution in [0.2, 0.25) is 0 Å². The van der Waals surface area contributed by atoms with Crippen LogP contribution in [0.3, 0.4) is 0 Å². The number of halogens is 3. The van der Waals surface area contributed by atoms with Crippen LogP contribution in [0, 0.1) is 0 Å². The van der Waals surface area contributed by atoms with Crippen LogP contribution in [-0.2, 0) is 13.1 Å². The first-order valence-electron chi connectivity index (χ1n) is 8.37. The Morgan fingerprint density at radius 1 is 1.19 bits per heavy atom. The van der Waals surface area contributed by atoms with Gasteiger partial charge in [0.2, 0.25) is 0 Å². The van der Waals surface area contributed by atoms with Gasteiger partial charge < -0.3 is 20.1 Å². The predicted molar refractivity (Wildman–Crippen MR) is 116 cm³/mol. The minimum Gasteiger partial charge on any atom is -0.490 e. The Morgan fingerprint density at radius 3 is 2.63 bits per heavy atom. The van der Waals surface area contributed by atoms with Crippen LogP contribution < -0.4 is 20.1 Å². The molecule has 0 unspecified atom stereocenters. The van der Waals surface area contributed by atoms with E-state index in [2.05, 4.69) is 26.4 Å². The van der Waals surface area contributed by atoms with Crippen LogP contribution in [0.15, 0.2) is 40.7 Å². The molecule has 1 heterocycles. The van der Waals surface area contributed by atoms with Crippen LogP contribution in [0.4, 0.5) is 8.78 Å². The molecule has 2 N–H and O–H groups in total. The van der Waals surface area contributed by atoms with Crippen molar-refractivity contribution in [1.82, 2.24) is 10.6 Å². The van der Waals surface area contributed by atoms with E-state index in [0.717, 1.165) is 12.1 Å². The molecule has 1 aromatic carbocycles. The Bertz CT molecular complexity index is 700. The largest absolute Gasteiger partial charge is 0.490 e. The zero-order chi connectivity index (χ0) is 18.8. The third-order valence-corrected chi connectivity index (χ3v) is 4.17. The number of rotatable bonds is 9. The van der Waals surface area contributed by atoms with E-state index in [-0.39, 0.29) is 35.5 Å². The number of alkyl halides is 2. The Kier molecular flexibility index (Phi) is 11.0. The monoisotopic (exact) mass is 511 g/mol. The highest BCUT2D eigenvalue weighted by Gasteiger charge is 2.11. The summed E-state index contributed by atoms with van der Waals surface area (Å²) in [5.74, 6) is 1.00. The highest BCUT2D eigenvalue weighted by Crippen LogP contribution is 2.30. The molecule has 0 fully saturated rings. The second-order valence-corrected chi connectivity index (χ2v) is 6.25. The van der Waals surface area contributed by atoms with Crippen LogP contribution in [-0.4, -0.2) is 25.7 Å². The molecule has 0 saturated carbocycles. The molecular weight excluding hydrogens is 487 g/mol.